The number of pyridine rings is 1. The third-order valence-electron chi connectivity index (χ3n) is 2.41. The van der Waals surface area contributed by atoms with Crippen LogP contribution in [0.4, 0.5) is 5.82 Å². The largest absolute Gasteiger partial charge is 0.481 e. The van der Waals surface area contributed by atoms with Gasteiger partial charge in [-0.05, 0) is 26.0 Å². The van der Waals surface area contributed by atoms with Gasteiger partial charge >= 0.3 is 5.97 Å². The van der Waals surface area contributed by atoms with Gasteiger partial charge < -0.3 is 10.0 Å². The number of aliphatic carboxylic acids is 1. The number of carbonyl (C=O) groups is 1. The van der Waals surface area contributed by atoms with Gasteiger partial charge in [-0.2, -0.15) is 5.26 Å². The average molecular weight is 233 g/mol. The predicted molar refractivity (Wildman–Crippen MR) is 63.8 cm³/mol. The third kappa shape index (κ3) is 3.45. The van der Waals surface area contributed by atoms with Crippen LogP contribution in [0.25, 0.3) is 0 Å². The van der Waals surface area contributed by atoms with Crippen molar-refractivity contribution >= 4 is 11.8 Å². The van der Waals surface area contributed by atoms with Crippen LogP contribution >= 0.6 is 0 Å². The van der Waals surface area contributed by atoms with E-state index in [2.05, 4.69) is 11.1 Å². The number of carboxylic acid groups (broad SMARTS) is 1. The first-order chi connectivity index (χ1) is 8.08. The quantitative estimate of drug-likeness (QED) is 0.835. The molecule has 1 aromatic rings. The summed E-state index contributed by atoms with van der Waals surface area (Å²) < 4.78 is 0. The van der Waals surface area contributed by atoms with E-state index in [1.165, 1.54) is 0 Å². The minimum absolute atomic E-state index is 0.0360. The molecule has 0 unspecified atom stereocenters. The molecule has 0 spiro atoms. The zero-order valence-corrected chi connectivity index (χ0v) is 9.97. The lowest BCUT2D eigenvalue weighted by Crippen LogP contribution is -2.27. The summed E-state index contributed by atoms with van der Waals surface area (Å²) in [6.07, 6.45) is 0.0360. The van der Waals surface area contributed by atoms with Gasteiger partial charge in [0.25, 0.3) is 0 Å². The normalized spacial score (nSPS) is 9.71. The van der Waals surface area contributed by atoms with Crippen LogP contribution in [0.3, 0.4) is 0 Å². The van der Waals surface area contributed by atoms with E-state index in [1.807, 2.05) is 13.8 Å². The van der Waals surface area contributed by atoms with Crippen LogP contribution < -0.4 is 4.90 Å². The second kappa shape index (κ2) is 5.85. The van der Waals surface area contributed by atoms with Crippen LogP contribution in [-0.2, 0) is 4.79 Å². The zero-order valence-electron chi connectivity index (χ0n) is 9.97. The molecule has 0 amide bonds. The fourth-order valence-electron chi connectivity index (χ4n) is 1.52. The number of hydrogen-bond donors (Lipinski definition) is 1. The Morgan fingerprint density at radius 2 is 2.29 bits per heavy atom. The van der Waals surface area contributed by atoms with Crippen LogP contribution in [0.1, 0.15) is 24.6 Å². The van der Waals surface area contributed by atoms with E-state index in [0.717, 1.165) is 5.69 Å². The molecule has 90 valence electrons. The number of anilines is 1. The van der Waals surface area contributed by atoms with Crippen molar-refractivity contribution in [1.29, 1.82) is 5.26 Å². The van der Waals surface area contributed by atoms with E-state index < -0.39 is 5.97 Å². The second-order valence-corrected chi connectivity index (χ2v) is 3.66. The minimum Gasteiger partial charge on any atom is -0.481 e. The smallest absolute Gasteiger partial charge is 0.305 e. The van der Waals surface area contributed by atoms with Crippen LogP contribution in [0.15, 0.2) is 12.1 Å². The van der Waals surface area contributed by atoms with Crippen molar-refractivity contribution in [2.45, 2.75) is 20.3 Å². The number of carboxylic acids is 1. The van der Waals surface area contributed by atoms with E-state index >= 15 is 0 Å². The van der Waals surface area contributed by atoms with E-state index in [0.29, 0.717) is 24.5 Å². The monoisotopic (exact) mass is 233 g/mol. The maximum Gasteiger partial charge on any atom is 0.305 e. The summed E-state index contributed by atoms with van der Waals surface area (Å²) in [5.41, 5.74) is 1.29. The summed E-state index contributed by atoms with van der Waals surface area (Å²) >= 11 is 0. The maximum atomic E-state index is 10.6. The summed E-state index contributed by atoms with van der Waals surface area (Å²) in [5, 5.41) is 17.7. The molecule has 0 bridgehead atoms. The highest BCUT2D eigenvalue weighted by atomic mass is 16.4. The lowest BCUT2D eigenvalue weighted by molar-refractivity contribution is -0.136. The highest BCUT2D eigenvalue weighted by Gasteiger charge is 2.12. The van der Waals surface area contributed by atoms with Gasteiger partial charge in [0.15, 0.2) is 0 Å². The van der Waals surface area contributed by atoms with Crippen molar-refractivity contribution in [2.24, 2.45) is 0 Å². The summed E-state index contributed by atoms with van der Waals surface area (Å²) in [5.74, 6) is -0.286. The fourth-order valence-corrected chi connectivity index (χ4v) is 1.52. The number of aryl methyl sites for hydroxylation is 1. The van der Waals surface area contributed by atoms with Crippen molar-refractivity contribution in [3.8, 4) is 6.07 Å². The molecule has 0 aromatic carbocycles. The molecule has 0 saturated carbocycles. The summed E-state index contributed by atoms with van der Waals surface area (Å²) in [7, 11) is 0. The summed E-state index contributed by atoms with van der Waals surface area (Å²) in [4.78, 5) is 16.7. The average Bonchev–Trinajstić information content (AvgIpc) is 2.30. The molecule has 0 saturated heterocycles. The Morgan fingerprint density at radius 1 is 1.59 bits per heavy atom. The van der Waals surface area contributed by atoms with Gasteiger partial charge in [0.1, 0.15) is 11.9 Å². The number of hydrogen-bond acceptors (Lipinski definition) is 4. The van der Waals surface area contributed by atoms with Crippen LogP contribution in [0, 0.1) is 18.3 Å². The Bertz CT molecular complexity index is 452. The molecule has 1 N–H and O–H groups in total. The number of nitriles is 1. The Labute approximate surface area is 100 Å². The van der Waals surface area contributed by atoms with Gasteiger partial charge in [0.05, 0.1) is 12.0 Å². The van der Waals surface area contributed by atoms with Gasteiger partial charge in [0, 0.05) is 18.8 Å². The van der Waals surface area contributed by atoms with Crippen LogP contribution in [0.5, 0.6) is 0 Å². The Balaban J connectivity index is 2.98. The van der Waals surface area contributed by atoms with Crippen LogP contribution in [-0.4, -0.2) is 29.1 Å². The van der Waals surface area contributed by atoms with Crippen LogP contribution in [0.2, 0.25) is 0 Å². The van der Waals surface area contributed by atoms with Crippen molar-refractivity contribution in [3.05, 3.63) is 23.4 Å². The zero-order chi connectivity index (χ0) is 12.8. The Kier molecular flexibility index (Phi) is 4.46. The van der Waals surface area contributed by atoms with Crippen molar-refractivity contribution in [3.63, 3.8) is 0 Å². The second-order valence-electron chi connectivity index (χ2n) is 3.66. The number of nitrogens with zero attached hydrogens (tertiary/aromatic N) is 3. The molecular weight excluding hydrogens is 218 g/mol. The lowest BCUT2D eigenvalue weighted by atomic mass is 10.2. The minimum atomic E-state index is -0.852. The van der Waals surface area contributed by atoms with Crippen molar-refractivity contribution in [1.82, 2.24) is 4.98 Å². The third-order valence-corrected chi connectivity index (χ3v) is 2.41. The summed E-state index contributed by atoms with van der Waals surface area (Å²) in [6.45, 7) is 4.73. The molecule has 17 heavy (non-hydrogen) atoms. The molecule has 0 aliphatic heterocycles. The molecule has 5 nitrogen and oxygen atoms in total. The van der Waals surface area contributed by atoms with Gasteiger partial charge in [0.2, 0.25) is 0 Å². The highest BCUT2D eigenvalue weighted by Crippen LogP contribution is 2.17. The first kappa shape index (κ1) is 13.0. The van der Waals surface area contributed by atoms with Gasteiger partial charge in [-0.25, -0.2) is 4.98 Å². The van der Waals surface area contributed by atoms with Gasteiger partial charge in [-0.3, -0.25) is 4.79 Å². The summed E-state index contributed by atoms with van der Waals surface area (Å²) in [6, 6.07) is 5.55. The number of aromatic nitrogens is 1. The first-order valence-electron chi connectivity index (χ1n) is 5.43. The standard InChI is InChI=1S/C12H15N3O2/c1-3-15(7-6-11(16)17)12-10(8-13)5-4-9(2)14-12/h4-5H,3,6-7H2,1-2H3,(H,16,17). The molecule has 0 radical (unpaired) electrons. The molecule has 5 heteroatoms. The molecule has 1 aromatic heterocycles. The molecule has 1 rings (SSSR count). The van der Waals surface area contributed by atoms with Gasteiger partial charge in [-0.1, -0.05) is 0 Å². The fraction of sp³-hybridized carbons (Fsp3) is 0.417. The van der Waals surface area contributed by atoms with E-state index in [1.54, 1.807) is 17.0 Å². The number of rotatable bonds is 5. The first-order valence-corrected chi connectivity index (χ1v) is 5.43. The molecule has 0 fully saturated rings. The Morgan fingerprint density at radius 3 is 2.82 bits per heavy atom. The molecule has 0 aliphatic rings. The molecule has 0 aliphatic carbocycles. The lowest BCUT2D eigenvalue weighted by Gasteiger charge is -2.22. The van der Waals surface area contributed by atoms with E-state index in [4.69, 9.17) is 10.4 Å². The van der Waals surface area contributed by atoms with Crippen molar-refractivity contribution < 1.29 is 9.90 Å². The van der Waals surface area contributed by atoms with E-state index in [-0.39, 0.29) is 6.42 Å². The topological polar surface area (TPSA) is 77.2 Å². The molecular formula is C12H15N3O2. The van der Waals surface area contributed by atoms with Gasteiger partial charge in [-0.15, -0.1) is 0 Å². The Hall–Kier alpha value is -2.09. The molecule has 1 heterocycles. The predicted octanol–water partition coefficient (Wildman–Crippen LogP) is 1.56. The van der Waals surface area contributed by atoms with Crippen molar-refractivity contribution in [2.75, 3.05) is 18.0 Å². The molecule has 0 atom stereocenters. The van der Waals surface area contributed by atoms with E-state index in [9.17, 15) is 4.79 Å². The SMILES string of the molecule is CCN(CCC(=O)O)c1nc(C)ccc1C#N. The maximum absolute atomic E-state index is 10.6. The highest BCUT2D eigenvalue weighted by molar-refractivity contribution is 5.68.